The van der Waals surface area contributed by atoms with Crippen molar-refractivity contribution in [3.05, 3.63) is 0 Å². The molecule has 2 rings (SSSR count). The maximum Gasteiger partial charge on any atom is 0.229 e. The average Bonchev–Trinajstić information content (AvgIpc) is 2.82. The summed E-state index contributed by atoms with van der Waals surface area (Å²) in [5.41, 5.74) is 0. The first-order valence-electron chi connectivity index (χ1n) is 7.71. The fourth-order valence-electron chi connectivity index (χ4n) is 3.41. The number of likely N-dealkylation sites (tertiary alicyclic amines) is 1. The molecule has 110 valence electrons. The van der Waals surface area contributed by atoms with Crippen LogP contribution in [-0.4, -0.2) is 49.7 Å². The van der Waals surface area contributed by atoms with Crippen molar-refractivity contribution in [1.82, 2.24) is 10.2 Å². The molecule has 4 unspecified atom stereocenters. The first-order chi connectivity index (χ1) is 9.11. The maximum absolute atomic E-state index is 12.7. The van der Waals surface area contributed by atoms with Crippen LogP contribution >= 0.6 is 0 Å². The number of ether oxygens (including phenoxy) is 1. The van der Waals surface area contributed by atoms with Gasteiger partial charge in [0.25, 0.3) is 0 Å². The van der Waals surface area contributed by atoms with Crippen molar-refractivity contribution >= 4 is 5.91 Å². The van der Waals surface area contributed by atoms with Crippen molar-refractivity contribution in [2.45, 2.75) is 39.7 Å². The van der Waals surface area contributed by atoms with Crippen LogP contribution < -0.4 is 5.32 Å². The van der Waals surface area contributed by atoms with Crippen molar-refractivity contribution in [3.8, 4) is 0 Å². The van der Waals surface area contributed by atoms with Crippen LogP contribution in [0.1, 0.15) is 33.6 Å². The second-order valence-corrected chi connectivity index (χ2v) is 6.39. The molecule has 4 atom stereocenters. The SMILES string of the molecule is CCCNC1COCC1C(=O)N1CC(C)CC(C)C1. The molecule has 0 bridgehead atoms. The molecule has 2 aliphatic rings. The first kappa shape index (κ1) is 14.8. The highest BCUT2D eigenvalue weighted by Gasteiger charge is 2.37. The van der Waals surface area contributed by atoms with E-state index in [0.29, 0.717) is 31.0 Å². The Morgan fingerprint density at radius 1 is 1.26 bits per heavy atom. The average molecular weight is 268 g/mol. The molecule has 0 aromatic rings. The summed E-state index contributed by atoms with van der Waals surface area (Å²) < 4.78 is 5.52. The number of hydrogen-bond acceptors (Lipinski definition) is 3. The summed E-state index contributed by atoms with van der Waals surface area (Å²) in [6.45, 7) is 10.7. The Morgan fingerprint density at radius 2 is 1.95 bits per heavy atom. The molecule has 0 aliphatic carbocycles. The predicted molar refractivity (Wildman–Crippen MR) is 75.9 cm³/mol. The van der Waals surface area contributed by atoms with Gasteiger partial charge in [0.05, 0.1) is 19.1 Å². The molecule has 1 amide bonds. The van der Waals surface area contributed by atoms with Crippen molar-refractivity contribution in [3.63, 3.8) is 0 Å². The van der Waals surface area contributed by atoms with Gasteiger partial charge in [-0.2, -0.15) is 0 Å². The zero-order valence-corrected chi connectivity index (χ0v) is 12.5. The molecular formula is C15H28N2O2. The standard InChI is InChI=1S/C15H28N2O2/c1-4-5-16-14-10-19-9-13(14)15(18)17-7-11(2)6-12(3)8-17/h11-14,16H,4-10H2,1-3H3. The van der Waals surface area contributed by atoms with Gasteiger partial charge in [0.1, 0.15) is 0 Å². The van der Waals surface area contributed by atoms with E-state index in [4.69, 9.17) is 4.74 Å². The van der Waals surface area contributed by atoms with Gasteiger partial charge in [-0.15, -0.1) is 0 Å². The zero-order chi connectivity index (χ0) is 13.8. The Hall–Kier alpha value is -0.610. The van der Waals surface area contributed by atoms with Gasteiger partial charge in [0, 0.05) is 19.1 Å². The number of carbonyl (C=O) groups excluding carboxylic acids is 1. The Morgan fingerprint density at radius 3 is 2.58 bits per heavy atom. The largest absolute Gasteiger partial charge is 0.379 e. The summed E-state index contributed by atoms with van der Waals surface area (Å²) in [5.74, 6) is 1.56. The predicted octanol–water partition coefficient (Wildman–Crippen LogP) is 1.51. The number of amides is 1. The lowest BCUT2D eigenvalue weighted by molar-refractivity contribution is -0.138. The summed E-state index contributed by atoms with van der Waals surface area (Å²) in [6, 6.07) is 0.208. The number of carbonyl (C=O) groups is 1. The van der Waals surface area contributed by atoms with Gasteiger partial charge in [-0.1, -0.05) is 20.8 Å². The van der Waals surface area contributed by atoms with Crippen molar-refractivity contribution in [2.75, 3.05) is 32.8 Å². The number of hydrogen-bond donors (Lipinski definition) is 1. The molecule has 4 heteroatoms. The lowest BCUT2D eigenvalue weighted by Crippen LogP contribution is -2.50. The third-order valence-electron chi connectivity index (χ3n) is 4.23. The van der Waals surface area contributed by atoms with E-state index in [9.17, 15) is 4.79 Å². The van der Waals surface area contributed by atoms with E-state index in [1.165, 1.54) is 6.42 Å². The molecule has 2 heterocycles. The summed E-state index contributed by atoms with van der Waals surface area (Å²) >= 11 is 0. The van der Waals surface area contributed by atoms with Gasteiger partial charge in [-0.3, -0.25) is 4.79 Å². The fourth-order valence-corrected chi connectivity index (χ4v) is 3.41. The Kier molecular flexibility index (Phi) is 5.22. The van der Waals surface area contributed by atoms with E-state index in [1.54, 1.807) is 0 Å². The number of piperidine rings is 1. The van der Waals surface area contributed by atoms with Crippen LogP contribution in [0, 0.1) is 17.8 Å². The summed E-state index contributed by atoms with van der Waals surface area (Å²) in [4.78, 5) is 14.7. The highest BCUT2D eigenvalue weighted by molar-refractivity contribution is 5.80. The van der Waals surface area contributed by atoms with Crippen LogP contribution in [0.4, 0.5) is 0 Å². The summed E-state index contributed by atoms with van der Waals surface area (Å²) in [6.07, 6.45) is 2.33. The Bertz CT molecular complexity index is 299. The van der Waals surface area contributed by atoms with E-state index < -0.39 is 0 Å². The molecule has 0 aromatic carbocycles. The van der Waals surface area contributed by atoms with E-state index in [2.05, 4.69) is 31.0 Å². The molecule has 2 saturated heterocycles. The van der Waals surface area contributed by atoms with Crippen LogP contribution in [0.25, 0.3) is 0 Å². The molecule has 0 saturated carbocycles. The molecule has 2 fully saturated rings. The second-order valence-electron chi connectivity index (χ2n) is 6.39. The molecule has 1 N–H and O–H groups in total. The van der Waals surface area contributed by atoms with Crippen molar-refractivity contribution in [2.24, 2.45) is 17.8 Å². The topological polar surface area (TPSA) is 41.6 Å². The van der Waals surface area contributed by atoms with E-state index in [0.717, 1.165) is 26.1 Å². The highest BCUT2D eigenvalue weighted by atomic mass is 16.5. The van der Waals surface area contributed by atoms with E-state index >= 15 is 0 Å². The quantitative estimate of drug-likeness (QED) is 0.840. The fraction of sp³-hybridized carbons (Fsp3) is 0.933. The van der Waals surface area contributed by atoms with E-state index in [-0.39, 0.29) is 12.0 Å². The lowest BCUT2D eigenvalue weighted by atomic mass is 9.90. The molecule has 0 aromatic heterocycles. The minimum absolute atomic E-state index is 0.0176. The van der Waals surface area contributed by atoms with Crippen LogP contribution in [0.3, 0.4) is 0 Å². The maximum atomic E-state index is 12.7. The summed E-state index contributed by atoms with van der Waals surface area (Å²) in [5, 5.41) is 3.45. The number of rotatable bonds is 4. The minimum Gasteiger partial charge on any atom is -0.379 e. The summed E-state index contributed by atoms with van der Waals surface area (Å²) in [7, 11) is 0. The van der Waals surface area contributed by atoms with Gasteiger partial charge in [0.2, 0.25) is 5.91 Å². The highest BCUT2D eigenvalue weighted by Crippen LogP contribution is 2.24. The normalized spacial score (nSPS) is 35.6. The van der Waals surface area contributed by atoms with Gasteiger partial charge >= 0.3 is 0 Å². The third kappa shape index (κ3) is 3.69. The number of nitrogens with one attached hydrogen (secondary N) is 1. The lowest BCUT2D eigenvalue weighted by Gasteiger charge is -2.37. The van der Waals surface area contributed by atoms with Crippen molar-refractivity contribution < 1.29 is 9.53 Å². The Balaban J connectivity index is 1.94. The molecule has 19 heavy (non-hydrogen) atoms. The molecular weight excluding hydrogens is 240 g/mol. The molecule has 0 spiro atoms. The van der Waals surface area contributed by atoms with Crippen LogP contribution in [0.5, 0.6) is 0 Å². The third-order valence-corrected chi connectivity index (χ3v) is 4.23. The Labute approximate surface area is 116 Å². The monoisotopic (exact) mass is 268 g/mol. The second kappa shape index (κ2) is 6.71. The van der Waals surface area contributed by atoms with Gasteiger partial charge < -0.3 is 15.0 Å². The minimum atomic E-state index is 0.0176. The zero-order valence-electron chi connectivity index (χ0n) is 12.5. The molecule has 4 nitrogen and oxygen atoms in total. The first-order valence-corrected chi connectivity index (χ1v) is 7.71. The van der Waals surface area contributed by atoms with Crippen LogP contribution in [0.2, 0.25) is 0 Å². The number of nitrogens with zero attached hydrogens (tertiary/aromatic N) is 1. The van der Waals surface area contributed by atoms with Gasteiger partial charge in [0.15, 0.2) is 0 Å². The molecule has 0 radical (unpaired) electrons. The van der Waals surface area contributed by atoms with Crippen LogP contribution in [-0.2, 0) is 9.53 Å². The van der Waals surface area contributed by atoms with Gasteiger partial charge in [-0.25, -0.2) is 0 Å². The smallest absolute Gasteiger partial charge is 0.229 e. The van der Waals surface area contributed by atoms with E-state index in [1.807, 2.05) is 0 Å². The molecule has 2 aliphatic heterocycles. The van der Waals surface area contributed by atoms with Gasteiger partial charge in [-0.05, 0) is 31.2 Å². The van der Waals surface area contributed by atoms with Crippen molar-refractivity contribution in [1.29, 1.82) is 0 Å². The van der Waals surface area contributed by atoms with Crippen LogP contribution in [0.15, 0.2) is 0 Å².